The van der Waals surface area contributed by atoms with E-state index in [2.05, 4.69) is 0 Å². The van der Waals surface area contributed by atoms with Gasteiger partial charge in [-0.05, 0) is 105 Å². The zero-order valence-corrected chi connectivity index (χ0v) is 36.4. The van der Waals surface area contributed by atoms with Crippen LogP contribution >= 0.6 is 0 Å². The number of carbonyl (C=O) groups is 1. The Morgan fingerprint density at radius 2 is 1.13 bits per heavy atom. The minimum Gasteiger partial charge on any atom is -0.491 e. The van der Waals surface area contributed by atoms with E-state index >= 15 is 8.63 Å². The Balaban J connectivity index is 1.47. The molecule has 12 nitrogen and oxygen atoms in total. The summed E-state index contributed by atoms with van der Waals surface area (Å²) in [5, 5.41) is 0. The lowest BCUT2D eigenvalue weighted by Gasteiger charge is -2.22. The van der Waals surface area contributed by atoms with Gasteiger partial charge < -0.3 is 47.1 Å². The largest absolute Gasteiger partial charge is 0.678 e. The fourth-order valence-corrected chi connectivity index (χ4v) is 5.93. The second-order valence-corrected chi connectivity index (χ2v) is 14.8. The van der Waals surface area contributed by atoms with Crippen molar-refractivity contribution in [2.24, 2.45) is 4.99 Å². The predicted molar refractivity (Wildman–Crippen MR) is 235 cm³/mol. The van der Waals surface area contributed by atoms with Crippen LogP contribution in [0.15, 0.2) is 83.0 Å². The van der Waals surface area contributed by atoms with Crippen LogP contribution in [0.4, 0.5) is 8.63 Å². The van der Waals surface area contributed by atoms with E-state index in [4.69, 9.17) is 47.6 Å². The number of aromatic nitrogens is 1. The van der Waals surface area contributed by atoms with Crippen molar-refractivity contribution in [1.29, 1.82) is 0 Å². The summed E-state index contributed by atoms with van der Waals surface area (Å²) >= 11 is 0. The molecule has 0 saturated carbocycles. The number of methoxy groups -OCH3 is 2. The molecule has 0 radical (unpaired) electrons. The summed E-state index contributed by atoms with van der Waals surface area (Å²) in [6, 6.07) is 16.4. The van der Waals surface area contributed by atoms with E-state index in [-0.39, 0.29) is 22.7 Å². The molecule has 0 N–H and O–H groups in total. The van der Waals surface area contributed by atoms with Gasteiger partial charge in [-0.2, -0.15) is 0 Å². The summed E-state index contributed by atoms with van der Waals surface area (Å²) in [5.74, 6) is 0.588. The molecular weight excluding hydrogens is 789 g/mol. The van der Waals surface area contributed by atoms with Gasteiger partial charge in [-0.1, -0.05) is 36.4 Å². The fraction of sp³-hybridized carbons (Fsp3) is 0.435. The number of ether oxygens (including phenoxy) is 9. The van der Waals surface area contributed by atoms with Crippen molar-refractivity contribution in [1.82, 2.24) is 4.48 Å². The molecule has 330 valence electrons. The van der Waals surface area contributed by atoms with E-state index in [1.807, 2.05) is 48.6 Å². The SMILES string of the molecule is COCCOCCOCCOc1ccc(/C=C/C2=NC(=C(/C(=O)OC(C)(C)C)c3c(C)cc(/C=C/c4ccc(OCCOCCOCCOC)cc4)n3B(F)F)/C(C)=C2)cc1. The van der Waals surface area contributed by atoms with E-state index in [0.29, 0.717) is 108 Å². The third-order valence-corrected chi connectivity index (χ3v) is 8.76. The lowest BCUT2D eigenvalue weighted by atomic mass is 10.0. The normalized spacial score (nSPS) is 13.9. The van der Waals surface area contributed by atoms with Crippen molar-refractivity contribution in [3.05, 3.63) is 106 Å². The number of hydrogen-bond acceptors (Lipinski definition) is 11. The van der Waals surface area contributed by atoms with Crippen LogP contribution in [0.1, 0.15) is 55.8 Å². The first-order valence-electron chi connectivity index (χ1n) is 20.3. The molecule has 1 aliphatic rings. The van der Waals surface area contributed by atoms with E-state index in [1.165, 1.54) is 0 Å². The molecule has 61 heavy (non-hydrogen) atoms. The van der Waals surface area contributed by atoms with Gasteiger partial charge in [0.05, 0.1) is 83.2 Å². The molecule has 0 fully saturated rings. The molecule has 2 heterocycles. The zero-order chi connectivity index (χ0) is 44.0. The Morgan fingerprint density at radius 3 is 1.59 bits per heavy atom. The monoisotopic (exact) mass is 848 g/mol. The maximum Gasteiger partial charge on any atom is 0.678 e. The van der Waals surface area contributed by atoms with Gasteiger partial charge in [0.15, 0.2) is 0 Å². The first-order chi connectivity index (χ1) is 29.4. The van der Waals surface area contributed by atoms with Gasteiger partial charge in [-0.25, -0.2) is 9.79 Å². The third kappa shape index (κ3) is 16.8. The van der Waals surface area contributed by atoms with Crippen LogP contribution in [0, 0.1) is 6.92 Å². The van der Waals surface area contributed by atoms with Crippen LogP contribution in [0.25, 0.3) is 23.8 Å². The van der Waals surface area contributed by atoms with Crippen molar-refractivity contribution in [3.63, 3.8) is 0 Å². The number of allylic oxidation sites excluding steroid dienone is 3. The molecule has 0 bridgehead atoms. The highest BCUT2D eigenvalue weighted by molar-refractivity contribution is 6.42. The molecule has 0 amide bonds. The Hall–Kier alpha value is -4.90. The summed E-state index contributed by atoms with van der Waals surface area (Å²) < 4.78 is 80.1. The van der Waals surface area contributed by atoms with Crippen LogP contribution in [-0.4, -0.2) is 123 Å². The van der Waals surface area contributed by atoms with Crippen molar-refractivity contribution < 1.29 is 56.1 Å². The van der Waals surface area contributed by atoms with Crippen LogP contribution in [-0.2, 0) is 38.0 Å². The maximum atomic E-state index is 15.1. The molecule has 0 saturated heterocycles. The molecular formula is C46H59BF2N2O10. The second kappa shape index (κ2) is 25.8. The average Bonchev–Trinajstić information content (AvgIpc) is 3.76. The molecule has 0 spiro atoms. The molecule has 0 atom stereocenters. The van der Waals surface area contributed by atoms with Gasteiger partial charge in [0.25, 0.3) is 0 Å². The Bertz CT molecular complexity index is 1970. The van der Waals surface area contributed by atoms with Crippen LogP contribution in [0.3, 0.4) is 0 Å². The van der Waals surface area contributed by atoms with E-state index in [1.54, 1.807) is 85.3 Å². The number of rotatable bonds is 27. The molecule has 15 heteroatoms. The second-order valence-electron chi connectivity index (χ2n) is 14.8. The number of carbonyl (C=O) groups excluding carboxylic acids is 1. The van der Waals surface area contributed by atoms with E-state index in [0.717, 1.165) is 15.6 Å². The minimum atomic E-state index is -2.98. The Kier molecular flexibility index (Phi) is 20.6. The van der Waals surface area contributed by atoms with Crippen LogP contribution in [0.5, 0.6) is 11.5 Å². The standard InChI is InChI=1S/C46H59BF2N2O10/c1-34-32-38(14-8-36-10-16-40(17-11-36)59-30-28-57-26-24-55-22-20-53-6)50-43(34)42(45(52)61-46(3,4)5)44-35(2)33-39(51(44)47(48)49)15-9-37-12-18-41(19-13-37)60-31-29-58-27-25-56-23-21-54-7/h8-19,32-33H,20-31H2,1-7H3/b14-8+,15-9+,43-42+. The number of aliphatic imine (C=N–C) groups is 1. The summed E-state index contributed by atoms with van der Waals surface area (Å²) in [4.78, 5) is 18.8. The number of esters is 1. The number of halogens is 2. The van der Waals surface area contributed by atoms with Gasteiger partial charge in [0.1, 0.15) is 35.9 Å². The molecule has 1 aliphatic heterocycles. The third-order valence-electron chi connectivity index (χ3n) is 8.76. The first kappa shape index (κ1) is 48.8. The van der Waals surface area contributed by atoms with Crippen molar-refractivity contribution in [3.8, 4) is 11.5 Å². The maximum absolute atomic E-state index is 15.1. The Morgan fingerprint density at radius 1 is 0.672 bits per heavy atom. The van der Waals surface area contributed by atoms with Gasteiger partial charge in [0, 0.05) is 19.9 Å². The van der Waals surface area contributed by atoms with Gasteiger partial charge in [-0.15, -0.1) is 0 Å². The summed E-state index contributed by atoms with van der Waals surface area (Å²) in [7, 11) is 0.272. The van der Waals surface area contributed by atoms with Gasteiger partial charge in [-0.3, -0.25) is 8.63 Å². The van der Waals surface area contributed by atoms with E-state index in [9.17, 15) is 4.79 Å². The molecule has 3 aromatic rings. The smallest absolute Gasteiger partial charge is 0.491 e. The molecule has 4 rings (SSSR count). The number of aryl methyl sites for hydroxylation is 1. The lowest BCUT2D eigenvalue weighted by Crippen LogP contribution is -2.27. The molecule has 0 unspecified atom stereocenters. The number of nitrogens with zero attached hydrogens (tertiary/aromatic N) is 2. The molecule has 2 aromatic carbocycles. The summed E-state index contributed by atoms with van der Waals surface area (Å²) in [6.45, 7) is 14.3. The zero-order valence-electron chi connectivity index (χ0n) is 36.4. The predicted octanol–water partition coefficient (Wildman–Crippen LogP) is 8.02. The topological polar surface area (TPSA) is 117 Å². The van der Waals surface area contributed by atoms with Crippen LogP contribution < -0.4 is 9.47 Å². The van der Waals surface area contributed by atoms with Crippen LogP contribution in [0.2, 0.25) is 0 Å². The lowest BCUT2D eigenvalue weighted by molar-refractivity contribution is -0.147. The molecule has 0 aliphatic carbocycles. The fourth-order valence-electron chi connectivity index (χ4n) is 5.93. The first-order valence-corrected chi connectivity index (χ1v) is 20.3. The van der Waals surface area contributed by atoms with Crippen molar-refractivity contribution >= 4 is 42.9 Å². The van der Waals surface area contributed by atoms with E-state index < -0.39 is 19.0 Å². The number of benzene rings is 2. The summed E-state index contributed by atoms with van der Waals surface area (Å²) in [5.41, 5.74) is 2.86. The highest BCUT2D eigenvalue weighted by atomic mass is 19.2. The van der Waals surface area contributed by atoms with Crippen molar-refractivity contribution in [2.75, 3.05) is 93.5 Å². The Labute approximate surface area is 359 Å². The van der Waals surface area contributed by atoms with Crippen molar-refractivity contribution in [2.45, 2.75) is 40.2 Å². The van der Waals surface area contributed by atoms with Gasteiger partial charge in [0.2, 0.25) is 0 Å². The highest BCUT2D eigenvalue weighted by Gasteiger charge is 2.34. The average molecular weight is 849 g/mol. The molecule has 1 aromatic heterocycles. The number of hydrogen-bond donors (Lipinski definition) is 0. The van der Waals surface area contributed by atoms with Gasteiger partial charge >= 0.3 is 13.4 Å². The highest BCUT2D eigenvalue weighted by Crippen LogP contribution is 2.35. The minimum absolute atomic E-state index is 0.0320. The quantitative estimate of drug-likeness (QED) is 0.0323. The summed E-state index contributed by atoms with van der Waals surface area (Å²) in [6.07, 6.45) is 8.82.